The number of hydrogen-bond donors (Lipinski definition) is 1. The van der Waals surface area contributed by atoms with E-state index in [1.54, 1.807) is 0 Å². The molecule has 8 atom stereocenters. The van der Waals surface area contributed by atoms with Gasteiger partial charge >= 0.3 is 5.97 Å². The van der Waals surface area contributed by atoms with E-state index in [1.165, 1.54) is 58.5 Å². The van der Waals surface area contributed by atoms with Crippen molar-refractivity contribution in [3.05, 3.63) is 0 Å². The highest BCUT2D eigenvalue weighted by Gasteiger charge is 2.60. The molecule has 29 heavy (non-hydrogen) atoms. The maximum Gasteiger partial charge on any atom is 0.305 e. The Labute approximate surface area is 178 Å². The summed E-state index contributed by atoms with van der Waals surface area (Å²) < 4.78 is 4.84. The molecule has 0 heterocycles. The van der Waals surface area contributed by atoms with Gasteiger partial charge in [0.25, 0.3) is 0 Å². The Kier molecular flexibility index (Phi) is 5.86. The fourth-order valence-corrected chi connectivity index (χ4v) is 8.82. The SMILES string of the molecule is CC[C@]1(O)CCC2(C)C(CCC3C4CCC(CCCC(=O)OC)C4(C)CCC32)C1. The van der Waals surface area contributed by atoms with E-state index in [0.29, 0.717) is 17.3 Å². The summed E-state index contributed by atoms with van der Waals surface area (Å²) in [7, 11) is 1.50. The molecular weight excluding hydrogens is 360 g/mol. The third-order valence-corrected chi connectivity index (χ3v) is 10.8. The molecule has 0 spiro atoms. The molecule has 3 heteroatoms. The maximum absolute atomic E-state index is 11.5. The van der Waals surface area contributed by atoms with Gasteiger partial charge in [-0.2, -0.15) is 0 Å². The fraction of sp³-hybridized carbons (Fsp3) is 0.962. The number of carbonyl (C=O) groups excluding carboxylic acids is 1. The largest absolute Gasteiger partial charge is 0.469 e. The quantitative estimate of drug-likeness (QED) is 0.561. The second-order valence-corrected chi connectivity index (χ2v) is 11.7. The first-order valence-corrected chi connectivity index (χ1v) is 12.5. The Morgan fingerprint density at radius 3 is 2.48 bits per heavy atom. The maximum atomic E-state index is 11.5. The van der Waals surface area contributed by atoms with Crippen LogP contribution in [0.3, 0.4) is 0 Å². The van der Waals surface area contributed by atoms with Crippen molar-refractivity contribution < 1.29 is 14.6 Å². The van der Waals surface area contributed by atoms with Crippen molar-refractivity contribution in [3.63, 3.8) is 0 Å². The lowest BCUT2D eigenvalue weighted by molar-refractivity contribution is -0.151. The number of ether oxygens (including phenoxy) is 1. The zero-order valence-electron chi connectivity index (χ0n) is 19.3. The number of rotatable bonds is 5. The Morgan fingerprint density at radius 2 is 1.76 bits per heavy atom. The summed E-state index contributed by atoms with van der Waals surface area (Å²) in [4.78, 5) is 11.5. The van der Waals surface area contributed by atoms with Crippen molar-refractivity contribution in [2.24, 2.45) is 40.4 Å². The van der Waals surface area contributed by atoms with Crippen molar-refractivity contribution in [2.75, 3.05) is 7.11 Å². The molecule has 0 bridgehead atoms. The van der Waals surface area contributed by atoms with Crippen molar-refractivity contribution in [1.29, 1.82) is 0 Å². The van der Waals surface area contributed by atoms with Crippen LogP contribution in [0, 0.1) is 40.4 Å². The summed E-state index contributed by atoms with van der Waals surface area (Å²) in [5.41, 5.74) is 0.548. The molecule has 4 aliphatic carbocycles. The summed E-state index contributed by atoms with van der Waals surface area (Å²) in [6.45, 7) is 7.35. The second-order valence-electron chi connectivity index (χ2n) is 11.7. The number of methoxy groups -OCH3 is 1. The lowest BCUT2D eigenvalue weighted by atomic mass is 9.43. The molecule has 0 aliphatic heterocycles. The monoisotopic (exact) mass is 404 g/mol. The molecule has 0 amide bonds. The summed E-state index contributed by atoms with van der Waals surface area (Å²) in [6, 6.07) is 0. The predicted octanol–water partition coefficient (Wildman–Crippen LogP) is 6.13. The van der Waals surface area contributed by atoms with Crippen LogP contribution in [0.4, 0.5) is 0 Å². The minimum atomic E-state index is -0.391. The van der Waals surface area contributed by atoms with Gasteiger partial charge in [0, 0.05) is 6.42 Å². The summed E-state index contributed by atoms with van der Waals surface area (Å²) in [6.07, 6.45) is 15.2. The first-order chi connectivity index (χ1) is 13.8. The summed E-state index contributed by atoms with van der Waals surface area (Å²) in [5.74, 6) is 4.12. The molecule has 166 valence electrons. The van der Waals surface area contributed by atoms with Crippen LogP contribution >= 0.6 is 0 Å². The van der Waals surface area contributed by atoms with Gasteiger partial charge in [0.2, 0.25) is 0 Å². The van der Waals surface area contributed by atoms with Crippen LogP contribution in [-0.4, -0.2) is 23.8 Å². The smallest absolute Gasteiger partial charge is 0.305 e. The third kappa shape index (κ3) is 3.58. The Hall–Kier alpha value is -0.570. The van der Waals surface area contributed by atoms with Crippen LogP contribution in [-0.2, 0) is 9.53 Å². The minimum absolute atomic E-state index is 0.0519. The second kappa shape index (κ2) is 7.84. The van der Waals surface area contributed by atoms with E-state index < -0.39 is 5.60 Å². The van der Waals surface area contributed by atoms with Gasteiger partial charge in [-0.3, -0.25) is 4.79 Å². The first kappa shape index (κ1) is 21.7. The van der Waals surface area contributed by atoms with Gasteiger partial charge in [0.05, 0.1) is 12.7 Å². The number of carbonyl (C=O) groups is 1. The molecule has 1 N–H and O–H groups in total. The fourth-order valence-electron chi connectivity index (χ4n) is 8.82. The zero-order chi connectivity index (χ0) is 20.9. The normalized spacial score (nSPS) is 49.1. The molecular formula is C26H44O3. The summed E-state index contributed by atoms with van der Waals surface area (Å²) >= 11 is 0. The Bertz CT molecular complexity index is 617. The number of fused-ring (bicyclic) bond motifs is 5. The number of aliphatic hydroxyl groups is 1. The topological polar surface area (TPSA) is 46.5 Å². The molecule has 4 aliphatic rings. The molecule has 4 rings (SSSR count). The highest BCUT2D eigenvalue weighted by Crippen LogP contribution is 2.68. The molecule has 0 saturated heterocycles. The van der Waals surface area contributed by atoms with Crippen LogP contribution in [0.15, 0.2) is 0 Å². The van der Waals surface area contributed by atoms with Crippen LogP contribution in [0.1, 0.15) is 104 Å². The van der Waals surface area contributed by atoms with Gasteiger partial charge in [-0.25, -0.2) is 0 Å². The average Bonchev–Trinajstić information content (AvgIpc) is 3.05. The highest BCUT2D eigenvalue weighted by atomic mass is 16.5. The molecule has 0 radical (unpaired) electrons. The van der Waals surface area contributed by atoms with Crippen molar-refractivity contribution in [3.8, 4) is 0 Å². The van der Waals surface area contributed by atoms with Crippen molar-refractivity contribution >= 4 is 5.97 Å². The molecule has 3 nitrogen and oxygen atoms in total. The van der Waals surface area contributed by atoms with E-state index in [0.717, 1.165) is 55.3 Å². The van der Waals surface area contributed by atoms with Gasteiger partial charge in [0.15, 0.2) is 0 Å². The van der Waals surface area contributed by atoms with E-state index >= 15 is 0 Å². The molecule has 4 saturated carbocycles. The average molecular weight is 405 g/mol. The van der Waals surface area contributed by atoms with E-state index in [-0.39, 0.29) is 5.97 Å². The zero-order valence-corrected chi connectivity index (χ0v) is 19.3. The van der Waals surface area contributed by atoms with E-state index in [1.807, 2.05) is 0 Å². The summed E-state index contributed by atoms with van der Waals surface area (Å²) in [5, 5.41) is 11.0. The Morgan fingerprint density at radius 1 is 1.00 bits per heavy atom. The van der Waals surface area contributed by atoms with Gasteiger partial charge in [0.1, 0.15) is 0 Å². The van der Waals surface area contributed by atoms with E-state index in [2.05, 4.69) is 20.8 Å². The van der Waals surface area contributed by atoms with Gasteiger partial charge in [-0.1, -0.05) is 20.8 Å². The lowest BCUT2D eigenvalue weighted by Crippen LogP contribution is -2.55. The van der Waals surface area contributed by atoms with Gasteiger partial charge in [-0.05, 0) is 117 Å². The molecule has 0 aromatic rings. The molecule has 7 unspecified atom stereocenters. The van der Waals surface area contributed by atoms with E-state index in [9.17, 15) is 9.90 Å². The van der Waals surface area contributed by atoms with Crippen LogP contribution in [0.5, 0.6) is 0 Å². The number of hydrogen-bond acceptors (Lipinski definition) is 3. The molecule has 4 fully saturated rings. The number of esters is 1. The standard InChI is InChI=1S/C26H44O3/c1-5-26(28)16-15-25(3)19(17-26)9-11-20-21-12-10-18(7-6-8-23(27)29-4)24(21,2)14-13-22(20)25/h18-22,28H,5-17H2,1-4H3/t18?,19?,20?,21?,22?,24?,25?,26-/m0/s1. The minimum Gasteiger partial charge on any atom is -0.469 e. The predicted molar refractivity (Wildman–Crippen MR) is 116 cm³/mol. The van der Waals surface area contributed by atoms with Crippen LogP contribution < -0.4 is 0 Å². The third-order valence-electron chi connectivity index (χ3n) is 10.8. The highest BCUT2D eigenvalue weighted by molar-refractivity contribution is 5.68. The van der Waals surface area contributed by atoms with Crippen molar-refractivity contribution in [2.45, 2.75) is 110 Å². The molecule has 0 aromatic carbocycles. The molecule has 0 aromatic heterocycles. The lowest BCUT2D eigenvalue weighted by Gasteiger charge is -2.62. The first-order valence-electron chi connectivity index (χ1n) is 12.5. The van der Waals surface area contributed by atoms with E-state index in [4.69, 9.17) is 4.74 Å². The van der Waals surface area contributed by atoms with Crippen LogP contribution in [0.2, 0.25) is 0 Å². The van der Waals surface area contributed by atoms with Crippen molar-refractivity contribution in [1.82, 2.24) is 0 Å². The van der Waals surface area contributed by atoms with Crippen LogP contribution in [0.25, 0.3) is 0 Å². The van der Waals surface area contributed by atoms with Gasteiger partial charge in [-0.15, -0.1) is 0 Å². The van der Waals surface area contributed by atoms with Gasteiger partial charge < -0.3 is 9.84 Å². The Balaban J connectivity index is 1.45.